The molecule has 0 aliphatic carbocycles. The first-order valence-corrected chi connectivity index (χ1v) is 9.21. The van der Waals surface area contributed by atoms with E-state index >= 15 is 0 Å². The normalized spacial score (nSPS) is 31.4. The van der Waals surface area contributed by atoms with Crippen LogP contribution in [-0.2, 0) is 4.74 Å². The number of rotatable bonds is 11. The molecule has 1 aliphatic rings. The first-order valence-electron chi connectivity index (χ1n) is 9.21. The van der Waals surface area contributed by atoms with E-state index in [0.717, 1.165) is 32.1 Å². The minimum absolute atomic E-state index is 0.0768. The van der Waals surface area contributed by atoms with E-state index in [2.05, 4.69) is 20.8 Å². The molecule has 4 heteroatoms. The third kappa shape index (κ3) is 5.19. The van der Waals surface area contributed by atoms with Gasteiger partial charge in [0.1, 0.15) is 12.2 Å². The maximum Gasteiger partial charge on any atom is 0.110 e. The number of aliphatic hydroxyl groups excluding tert-OH is 2. The van der Waals surface area contributed by atoms with Crippen LogP contribution in [0.15, 0.2) is 0 Å². The van der Waals surface area contributed by atoms with Crippen molar-refractivity contribution < 1.29 is 14.9 Å². The molecule has 0 saturated carbocycles. The number of unbranched alkanes of at least 4 members (excludes halogenated alkanes) is 5. The van der Waals surface area contributed by atoms with Gasteiger partial charge in [0.25, 0.3) is 0 Å². The lowest BCUT2D eigenvalue weighted by atomic mass is 9.73. The van der Waals surface area contributed by atoms with Gasteiger partial charge in [-0.15, -0.1) is 0 Å². The smallest absolute Gasteiger partial charge is 0.110 e. The van der Waals surface area contributed by atoms with Crippen LogP contribution >= 0.6 is 0 Å². The fourth-order valence-electron chi connectivity index (χ4n) is 3.64. The van der Waals surface area contributed by atoms with Gasteiger partial charge in [0.2, 0.25) is 0 Å². The van der Waals surface area contributed by atoms with Gasteiger partial charge < -0.3 is 20.7 Å². The Labute approximate surface area is 136 Å². The Morgan fingerprint density at radius 3 is 2.05 bits per heavy atom. The van der Waals surface area contributed by atoms with Crippen molar-refractivity contribution in [2.24, 2.45) is 11.1 Å². The van der Waals surface area contributed by atoms with E-state index < -0.39 is 18.3 Å². The van der Waals surface area contributed by atoms with Gasteiger partial charge >= 0.3 is 0 Å². The van der Waals surface area contributed by atoms with Gasteiger partial charge in [-0.2, -0.15) is 0 Å². The lowest BCUT2D eigenvalue weighted by molar-refractivity contribution is -0.0720. The molecule has 0 aromatic heterocycles. The van der Waals surface area contributed by atoms with Crippen LogP contribution < -0.4 is 5.73 Å². The van der Waals surface area contributed by atoms with Gasteiger partial charge in [-0.1, -0.05) is 65.7 Å². The second-order valence-corrected chi connectivity index (χ2v) is 7.23. The minimum Gasteiger partial charge on any atom is -0.388 e. The summed E-state index contributed by atoms with van der Waals surface area (Å²) < 4.78 is 5.95. The topological polar surface area (TPSA) is 75.7 Å². The zero-order valence-corrected chi connectivity index (χ0v) is 14.8. The molecular formula is C18H37NO3. The lowest BCUT2D eigenvalue weighted by Gasteiger charge is -2.37. The maximum absolute atomic E-state index is 10.4. The Morgan fingerprint density at radius 1 is 0.909 bits per heavy atom. The zero-order chi connectivity index (χ0) is 16.6. The Morgan fingerprint density at radius 2 is 1.50 bits per heavy atom. The predicted octanol–water partition coefficient (Wildman–Crippen LogP) is 2.99. The Kier molecular flexibility index (Phi) is 8.91. The van der Waals surface area contributed by atoms with E-state index in [1.165, 1.54) is 25.7 Å². The summed E-state index contributed by atoms with van der Waals surface area (Å²) >= 11 is 0. The molecule has 5 atom stereocenters. The molecule has 4 N–H and O–H groups in total. The highest BCUT2D eigenvalue weighted by Gasteiger charge is 2.49. The molecule has 5 unspecified atom stereocenters. The zero-order valence-electron chi connectivity index (χ0n) is 14.8. The van der Waals surface area contributed by atoms with Gasteiger partial charge in [-0.3, -0.25) is 0 Å². The van der Waals surface area contributed by atoms with Crippen molar-refractivity contribution in [3.8, 4) is 0 Å². The second-order valence-electron chi connectivity index (χ2n) is 7.23. The van der Waals surface area contributed by atoms with Crippen molar-refractivity contribution in [2.75, 3.05) is 6.54 Å². The second kappa shape index (κ2) is 9.86. The van der Waals surface area contributed by atoms with Crippen LogP contribution in [0.3, 0.4) is 0 Å². The molecule has 0 spiro atoms. The highest BCUT2D eigenvalue weighted by atomic mass is 16.5. The van der Waals surface area contributed by atoms with Crippen LogP contribution in [0.2, 0.25) is 0 Å². The van der Waals surface area contributed by atoms with E-state index in [4.69, 9.17) is 10.5 Å². The van der Waals surface area contributed by atoms with Crippen LogP contribution in [-0.4, -0.2) is 41.2 Å². The van der Waals surface area contributed by atoms with E-state index in [1.54, 1.807) is 0 Å². The largest absolute Gasteiger partial charge is 0.388 e. The van der Waals surface area contributed by atoms with Crippen LogP contribution in [0.4, 0.5) is 0 Å². The van der Waals surface area contributed by atoms with Crippen molar-refractivity contribution in [3.63, 3.8) is 0 Å². The number of hydrogen-bond acceptors (Lipinski definition) is 4. The molecule has 0 amide bonds. The summed E-state index contributed by atoms with van der Waals surface area (Å²) in [7, 11) is 0. The summed E-state index contributed by atoms with van der Waals surface area (Å²) in [5.41, 5.74) is 5.57. The van der Waals surface area contributed by atoms with Gasteiger partial charge in [-0.25, -0.2) is 0 Å². The maximum atomic E-state index is 10.4. The molecule has 1 rings (SSSR count). The SMILES string of the molecule is CCCCCCCC(C)(CCCC)C1OC(CN)C(O)C1O. The van der Waals surface area contributed by atoms with Crippen LogP contribution in [0.5, 0.6) is 0 Å². The van der Waals surface area contributed by atoms with E-state index in [9.17, 15) is 10.2 Å². The highest BCUT2D eigenvalue weighted by molar-refractivity contribution is 4.99. The number of aliphatic hydroxyl groups is 2. The van der Waals surface area contributed by atoms with Gasteiger partial charge in [-0.05, 0) is 18.3 Å². The Bertz CT molecular complexity index is 300. The van der Waals surface area contributed by atoms with Crippen LogP contribution in [0.1, 0.15) is 78.6 Å². The van der Waals surface area contributed by atoms with Crippen molar-refractivity contribution in [1.29, 1.82) is 0 Å². The van der Waals surface area contributed by atoms with Crippen molar-refractivity contribution >= 4 is 0 Å². The summed E-state index contributed by atoms with van der Waals surface area (Å²) in [4.78, 5) is 0. The third-order valence-electron chi connectivity index (χ3n) is 5.23. The molecular weight excluding hydrogens is 278 g/mol. The molecule has 0 aromatic rings. The first-order chi connectivity index (χ1) is 10.5. The average molecular weight is 315 g/mol. The van der Waals surface area contributed by atoms with Gasteiger partial charge in [0.15, 0.2) is 0 Å². The molecule has 1 heterocycles. The summed E-state index contributed by atoms with van der Waals surface area (Å²) in [6.07, 6.45) is 8.17. The molecule has 4 nitrogen and oxygen atoms in total. The monoisotopic (exact) mass is 315 g/mol. The summed E-state index contributed by atoms with van der Waals surface area (Å²) in [6.45, 7) is 6.88. The molecule has 132 valence electrons. The van der Waals surface area contributed by atoms with E-state index in [-0.39, 0.29) is 18.1 Å². The first kappa shape index (κ1) is 19.9. The van der Waals surface area contributed by atoms with Gasteiger partial charge in [0, 0.05) is 6.54 Å². The fourth-order valence-corrected chi connectivity index (χ4v) is 3.64. The lowest BCUT2D eigenvalue weighted by Crippen LogP contribution is -2.42. The molecule has 1 aliphatic heterocycles. The molecule has 0 aromatic carbocycles. The van der Waals surface area contributed by atoms with Crippen molar-refractivity contribution in [1.82, 2.24) is 0 Å². The molecule has 1 fully saturated rings. The standard InChI is InChI=1S/C18H37NO3/c1-4-6-8-9-10-12-18(3,11-7-5-2)17-16(21)15(20)14(13-19)22-17/h14-17,20-21H,4-13,19H2,1-3H3. The fraction of sp³-hybridized carbons (Fsp3) is 1.00. The number of nitrogens with two attached hydrogens (primary N) is 1. The number of ether oxygens (including phenoxy) is 1. The molecule has 0 radical (unpaired) electrons. The quantitative estimate of drug-likeness (QED) is 0.512. The van der Waals surface area contributed by atoms with E-state index in [0.29, 0.717) is 0 Å². The predicted molar refractivity (Wildman–Crippen MR) is 90.7 cm³/mol. The Balaban J connectivity index is 2.65. The van der Waals surface area contributed by atoms with Crippen molar-refractivity contribution in [3.05, 3.63) is 0 Å². The molecule has 1 saturated heterocycles. The van der Waals surface area contributed by atoms with E-state index in [1.807, 2.05) is 0 Å². The van der Waals surface area contributed by atoms with Crippen LogP contribution in [0, 0.1) is 5.41 Å². The number of hydrogen-bond donors (Lipinski definition) is 3. The van der Waals surface area contributed by atoms with Gasteiger partial charge in [0.05, 0.1) is 12.2 Å². The molecule has 0 bridgehead atoms. The van der Waals surface area contributed by atoms with Crippen LogP contribution in [0.25, 0.3) is 0 Å². The summed E-state index contributed by atoms with van der Waals surface area (Å²) in [5, 5.41) is 20.5. The summed E-state index contributed by atoms with van der Waals surface area (Å²) in [6, 6.07) is 0. The Hall–Kier alpha value is -0.160. The van der Waals surface area contributed by atoms with Crippen molar-refractivity contribution in [2.45, 2.75) is 103 Å². The highest BCUT2D eigenvalue weighted by Crippen LogP contribution is 2.42. The average Bonchev–Trinajstić information content (AvgIpc) is 2.81. The molecule has 22 heavy (non-hydrogen) atoms. The summed E-state index contributed by atoms with van der Waals surface area (Å²) in [5.74, 6) is 0. The third-order valence-corrected chi connectivity index (χ3v) is 5.23. The minimum atomic E-state index is -0.851.